The molecule has 26 heavy (non-hydrogen) atoms. The van der Waals surface area contributed by atoms with E-state index in [1.165, 1.54) is 0 Å². The van der Waals surface area contributed by atoms with Gasteiger partial charge < -0.3 is 15.4 Å². The monoisotopic (exact) mass is 354 g/mol. The molecule has 0 heterocycles. The highest BCUT2D eigenvalue weighted by molar-refractivity contribution is 6.04. The molecule has 0 aliphatic carbocycles. The van der Waals surface area contributed by atoms with Crippen LogP contribution in [0.15, 0.2) is 48.5 Å². The van der Waals surface area contributed by atoms with Crippen molar-refractivity contribution < 1.29 is 14.3 Å². The highest BCUT2D eigenvalue weighted by atomic mass is 16.5. The zero-order valence-corrected chi connectivity index (χ0v) is 15.7. The summed E-state index contributed by atoms with van der Waals surface area (Å²) in [6.07, 6.45) is -0.127. The van der Waals surface area contributed by atoms with Crippen molar-refractivity contribution in [2.75, 3.05) is 5.32 Å². The molecule has 0 unspecified atom stereocenters. The topological polar surface area (TPSA) is 67.4 Å². The van der Waals surface area contributed by atoms with Crippen LogP contribution < -0.4 is 15.4 Å². The lowest BCUT2D eigenvalue weighted by atomic mass is 10.1. The van der Waals surface area contributed by atoms with E-state index >= 15 is 0 Å². The van der Waals surface area contributed by atoms with Crippen molar-refractivity contribution >= 4 is 17.5 Å². The Hall–Kier alpha value is -2.82. The quantitative estimate of drug-likeness (QED) is 0.792. The molecule has 2 rings (SSSR count). The first kappa shape index (κ1) is 19.5. The van der Waals surface area contributed by atoms with Gasteiger partial charge in [0, 0.05) is 6.04 Å². The molecule has 0 saturated heterocycles. The van der Waals surface area contributed by atoms with Crippen molar-refractivity contribution in [2.24, 2.45) is 0 Å². The molecule has 0 aromatic heterocycles. The first-order chi connectivity index (χ1) is 12.4. The molecule has 1 atom stereocenters. The molecular formula is C21H26N2O3. The number of carbonyl (C=O) groups excluding carboxylic acids is 2. The van der Waals surface area contributed by atoms with Gasteiger partial charge >= 0.3 is 0 Å². The van der Waals surface area contributed by atoms with Crippen LogP contribution >= 0.6 is 0 Å². The lowest BCUT2D eigenvalue weighted by Crippen LogP contribution is -2.34. The van der Waals surface area contributed by atoms with E-state index in [0.717, 1.165) is 5.56 Å². The standard InChI is InChI=1S/C21H26N2O3/c1-5-18(26-19-13-9-6-10-15(19)4)21(25)23-17-12-8-7-11-16(17)20(24)22-14(2)3/h6-14,18H,5H2,1-4H3,(H,22,24)(H,23,25)/t18-/m1/s1. The largest absolute Gasteiger partial charge is 0.480 e. The van der Waals surface area contributed by atoms with Gasteiger partial charge in [0.1, 0.15) is 5.75 Å². The van der Waals surface area contributed by atoms with Gasteiger partial charge in [-0.25, -0.2) is 0 Å². The van der Waals surface area contributed by atoms with E-state index in [4.69, 9.17) is 4.74 Å². The fourth-order valence-electron chi connectivity index (χ4n) is 2.51. The van der Waals surface area contributed by atoms with Gasteiger partial charge in [0.2, 0.25) is 0 Å². The van der Waals surface area contributed by atoms with E-state index in [1.807, 2.05) is 52.0 Å². The first-order valence-electron chi connectivity index (χ1n) is 8.85. The number of nitrogens with one attached hydrogen (secondary N) is 2. The van der Waals surface area contributed by atoms with Crippen LogP contribution in [0.2, 0.25) is 0 Å². The zero-order chi connectivity index (χ0) is 19.1. The summed E-state index contributed by atoms with van der Waals surface area (Å²) >= 11 is 0. The highest BCUT2D eigenvalue weighted by Gasteiger charge is 2.21. The number of amides is 2. The highest BCUT2D eigenvalue weighted by Crippen LogP contribution is 2.21. The second-order valence-electron chi connectivity index (χ2n) is 6.44. The molecule has 0 radical (unpaired) electrons. The molecule has 138 valence electrons. The Morgan fingerprint density at radius 1 is 1.04 bits per heavy atom. The number of ether oxygens (including phenoxy) is 1. The fraction of sp³-hybridized carbons (Fsp3) is 0.333. The summed E-state index contributed by atoms with van der Waals surface area (Å²) < 4.78 is 5.88. The molecule has 0 bridgehead atoms. The van der Waals surface area contributed by atoms with Crippen LogP contribution in [0.3, 0.4) is 0 Å². The lowest BCUT2D eigenvalue weighted by molar-refractivity contribution is -0.122. The Labute approximate surface area is 154 Å². The summed E-state index contributed by atoms with van der Waals surface area (Å²) in [5.74, 6) is 0.185. The SMILES string of the molecule is CC[C@@H](Oc1ccccc1C)C(=O)Nc1ccccc1C(=O)NC(C)C. The summed E-state index contributed by atoms with van der Waals surface area (Å²) in [6.45, 7) is 7.61. The van der Waals surface area contributed by atoms with Crippen molar-refractivity contribution in [1.29, 1.82) is 0 Å². The Morgan fingerprint density at radius 3 is 2.35 bits per heavy atom. The average Bonchev–Trinajstić information content (AvgIpc) is 2.60. The third-order valence-electron chi connectivity index (χ3n) is 3.88. The number of hydrogen-bond acceptors (Lipinski definition) is 3. The molecule has 5 heteroatoms. The molecule has 0 spiro atoms. The van der Waals surface area contributed by atoms with Crippen LogP contribution in [0.1, 0.15) is 43.1 Å². The second kappa shape index (κ2) is 9.04. The molecule has 2 amide bonds. The second-order valence-corrected chi connectivity index (χ2v) is 6.44. The maximum atomic E-state index is 12.7. The van der Waals surface area contributed by atoms with Crippen LogP contribution in [-0.2, 0) is 4.79 Å². The summed E-state index contributed by atoms with van der Waals surface area (Å²) in [7, 11) is 0. The number of benzene rings is 2. The first-order valence-corrected chi connectivity index (χ1v) is 8.85. The Balaban J connectivity index is 2.15. The van der Waals surface area contributed by atoms with Crippen LogP contribution in [0.5, 0.6) is 5.75 Å². The van der Waals surface area contributed by atoms with Crippen LogP contribution in [0.4, 0.5) is 5.69 Å². The van der Waals surface area contributed by atoms with Gasteiger partial charge in [0.05, 0.1) is 11.3 Å². The molecule has 0 fully saturated rings. The molecule has 2 aromatic carbocycles. The lowest BCUT2D eigenvalue weighted by Gasteiger charge is -2.19. The third kappa shape index (κ3) is 5.09. The summed E-state index contributed by atoms with van der Waals surface area (Å²) in [6, 6.07) is 14.5. The van der Waals surface area contributed by atoms with E-state index in [1.54, 1.807) is 24.3 Å². The maximum absolute atomic E-state index is 12.7. The van der Waals surface area contributed by atoms with Crippen LogP contribution in [-0.4, -0.2) is 24.0 Å². The van der Waals surface area contributed by atoms with E-state index in [9.17, 15) is 9.59 Å². The van der Waals surface area contributed by atoms with Gasteiger partial charge in [-0.05, 0) is 51.0 Å². The van der Waals surface area contributed by atoms with Gasteiger partial charge in [0.15, 0.2) is 6.10 Å². The number of aryl methyl sites for hydroxylation is 1. The molecule has 0 aliphatic rings. The molecule has 0 aliphatic heterocycles. The molecule has 5 nitrogen and oxygen atoms in total. The van der Waals surface area contributed by atoms with E-state index in [0.29, 0.717) is 23.4 Å². The Morgan fingerprint density at radius 2 is 1.69 bits per heavy atom. The van der Waals surface area contributed by atoms with E-state index < -0.39 is 6.10 Å². The summed E-state index contributed by atoms with van der Waals surface area (Å²) in [5.41, 5.74) is 1.87. The average molecular weight is 354 g/mol. The molecule has 2 N–H and O–H groups in total. The Bertz CT molecular complexity index is 771. The zero-order valence-electron chi connectivity index (χ0n) is 15.7. The predicted molar refractivity (Wildman–Crippen MR) is 104 cm³/mol. The van der Waals surface area contributed by atoms with Crippen LogP contribution in [0, 0.1) is 6.92 Å². The van der Waals surface area contributed by atoms with Crippen molar-refractivity contribution in [3.63, 3.8) is 0 Å². The number of carbonyl (C=O) groups is 2. The minimum absolute atomic E-state index is 0.0130. The smallest absolute Gasteiger partial charge is 0.265 e. The molecule has 2 aromatic rings. The van der Waals surface area contributed by atoms with Crippen molar-refractivity contribution in [2.45, 2.75) is 46.3 Å². The van der Waals surface area contributed by atoms with E-state index in [2.05, 4.69) is 10.6 Å². The predicted octanol–water partition coefficient (Wildman–Crippen LogP) is 3.93. The normalized spacial score (nSPS) is 11.7. The van der Waals surface area contributed by atoms with Gasteiger partial charge in [-0.15, -0.1) is 0 Å². The van der Waals surface area contributed by atoms with Crippen molar-refractivity contribution in [3.05, 3.63) is 59.7 Å². The minimum Gasteiger partial charge on any atom is -0.480 e. The molecular weight excluding hydrogens is 328 g/mol. The summed E-state index contributed by atoms with van der Waals surface area (Å²) in [4.78, 5) is 25.0. The van der Waals surface area contributed by atoms with Gasteiger partial charge in [-0.2, -0.15) is 0 Å². The summed E-state index contributed by atoms with van der Waals surface area (Å²) in [5, 5.41) is 5.67. The Kier molecular flexibility index (Phi) is 6.78. The van der Waals surface area contributed by atoms with Gasteiger partial charge in [-0.3, -0.25) is 9.59 Å². The van der Waals surface area contributed by atoms with E-state index in [-0.39, 0.29) is 17.9 Å². The molecule has 0 saturated carbocycles. The number of hydrogen-bond donors (Lipinski definition) is 2. The number of para-hydroxylation sites is 2. The van der Waals surface area contributed by atoms with Crippen molar-refractivity contribution in [1.82, 2.24) is 5.32 Å². The van der Waals surface area contributed by atoms with Crippen LogP contribution in [0.25, 0.3) is 0 Å². The fourth-order valence-corrected chi connectivity index (χ4v) is 2.51. The van der Waals surface area contributed by atoms with Gasteiger partial charge in [0.25, 0.3) is 11.8 Å². The minimum atomic E-state index is -0.641. The maximum Gasteiger partial charge on any atom is 0.265 e. The number of anilines is 1. The van der Waals surface area contributed by atoms with Crippen molar-refractivity contribution in [3.8, 4) is 5.75 Å². The number of rotatable bonds is 7. The third-order valence-corrected chi connectivity index (χ3v) is 3.88. The van der Waals surface area contributed by atoms with Gasteiger partial charge in [-0.1, -0.05) is 37.3 Å².